The minimum absolute atomic E-state index is 0.0183. The van der Waals surface area contributed by atoms with Crippen LogP contribution in [0.4, 0.5) is 5.13 Å². The summed E-state index contributed by atoms with van der Waals surface area (Å²) in [7, 11) is 0. The summed E-state index contributed by atoms with van der Waals surface area (Å²) < 4.78 is 0.715. The van der Waals surface area contributed by atoms with Crippen molar-refractivity contribution in [3.63, 3.8) is 0 Å². The van der Waals surface area contributed by atoms with Gasteiger partial charge in [-0.1, -0.05) is 12.1 Å². The van der Waals surface area contributed by atoms with Crippen LogP contribution >= 0.6 is 27.3 Å². The lowest BCUT2D eigenvalue weighted by Crippen LogP contribution is -2.42. The third-order valence-electron chi connectivity index (χ3n) is 3.58. The lowest BCUT2D eigenvalue weighted by atomic mass is 10.1. The highest BCUT2D eigenvalue weighted by atomic mass is 79.9. The molecule has 0 atom stereocenters. The standard InChI is InChI=1S/C17H20BrN3O2S/c1-10(2)21(16(23)13-7-5-6-8-14(13)18)9-15(22)20-17-19-11(3)12(4)24-17/h5-8,10H,9H2,1-4H3,(H,19,20,22). The van der Waals surface area contributed by atoms with Crippen LogP contribution in [0.3, 0.4) is 0 Å². The topological polar surface area (TPSA) is 62.3 Å². The third-order valence-corrected chi connectivity index (χ3v) is 5.26. The van der Waals surface area contributed by atoms with Gasteiger partial charge in [0.1, 0.15) is 6.54 Å². The van der Waals surface area contributed by atoms with Crippen LogP contribution in [0.5, 0.6) is 0 Å². The van der Waals surface area contributed by atoms with Crippen LogP contribution in [0, 0.1) is 13.8 Å². The highest BCUT2D eigenvalue weighted by Crippen LogP contribution is 2.22. The minimum Gasteiger partial charge on any atom is -0.327 e. The smallest absolute Gasteiger partial charge is 0.255 e. The van der Waals surface area contributed by atoms with Crippen LogP contribution in [0.2, 0.25) is 0 Å². The summed E-state index contributed by atoms with van der Waals surface area (Å²) in [6, 6.07) is 7.10. The summed E-state index contributed by atoms with van der Waals surface area (Å²) in [5.41, 5.74) is 1.44. The summed E-state index contributed by atoms with van der Waals surface area (Å²) in [5, 5.41) is 3.33. The molecular weight excluding hydrogens is 390 g/mol. The number of benzene rings is 1. The van der Waals surface area contributed by atoms with E-state index in [1.54, 1.807) is 17.0 Å². The number of aromatic nitrogens is 1. The van der Waals surface area contributed by atoms with Crippen molar-refractivity contribution in [2.75, 3.05) is 11.9 Å². The van der Waals surface area contributed by atoms with E-state index in [2.05, 4.69) is 26.2 Å². The maximum absolute atomic E-state index is 12.8. The zero-order valence-electron chi connectivity index (χ0n) is 14.1. The van der Waals surface area contributed by atoms with Crippen LogP contribution in [-0.2, 0) is 4.79 Å². The van der Waals surface area contributed by atoms with Gasteiger partial charge in [-0.05, 0) is 55.8 Å². The molecule has 1 N–H and O–H groups in total. The van der Waals surface area contributed by atoms with Gasteiger partial charge in [-0.2, -0.15) is 0 Å². The van der Waals surface area contributed by atoms with Crippen LogP contribution in [0.15, 0.2) is 28.7 Å². The molecule has 0 saturated heterocycles. The molecule has 24 heavy (non-hydrogen) atoms. The zero-order valence-corrected chi connectivity index (χ0v) is 16.5. The fourth-order valence-electron chi connectivity index (χ4n) is 2.12. The number of aryl methyl sites for hydroxylation is 2. The number of hydrogen-bond acceptors (Lipinski definition) is 4. The van der Waals surface area contributed by atoms with Gasteiger partial charge in [0.15, 0.2) is 5.13 Å². The first-order valence-electron chi connectivity index (χ1n) is 7.59. The molecule has 0 saturated carbocycles. The number of carbonyl (C=O) groups excluding carboxylic acids is 2. The quantitative estimate of drug-likeness (QED) is 0.810. The molecule has 128 valence electrons. The summed E-state index contributed by atoms with van der Waals surface area (Å²) in [6.45, 7) is 7.62. The Bertz CT molecular complexity index is 739. The summed E-state index contributed by atoms with van der Waals surface area (Å²) in [6.07, 6.45) is 0. The average Bonchev–Trinajstić information content (AvgIpc) is 2.82. The van der Waals surface area contributed by atoms with Crippen LogP contribution < -0.4 is 5.32 Å². The van der Waals surface area contributed by atoms with Crippen LogP contribution in [-0.4, -0.2) is 34.3 Å². The second-order valence-electron chi connectivity index (χ2n) is 5.72. The molecule has 0 aliphatic heterocycles. The molecule has 1 heterocycles. The largest absolute Gasteiger partial charge is 0.327 e. The fraction of sp³-hybridized carbons (Fsp3) is 0.353. The molecule has 7 heteroatoms. The minimum atomic E-state index is -0.252. The van der Waals surface area contributed by atoms with Gasteiger partial charge < -0.3 is 10.2 Å². The molecule has 0 bridgehead atoms. The molecule has 1 aromatic carbocycles. The van der Waals surface area contributed by atoms with Crippen molar-refractivity contribution in [3.8, 4) is 0 Å². The number of rotatable bonds is 5. The Hall–Kier alpha value is -1.73. The Morgan fingerprint density at radius 2 is 1.96 bits per heavy atom. The average molecular weight is 410 g/mol. The van der Waals surface area contributed by atoms with Crippen LogP contribution in [0.25, 0.3) is 0 Å². The summed E-state index contributed by atoms with van der Waals surface area (Å²) in [5.74, 6) is -0.433. The monoisotopic (exact) mass is 409 g/mol. The van der Waals surface area contributed by atoms with E-state index in [1.807, 2.05) is 39.8 Å². The number of carbonyl (C=O) groups is 2. The van der Waals surface area contributed by atoms with E-state index in [1.165, 1.54) is 11.3 Å². The van der Waals surface area contributed by atoms with Crippen LogP contribution in [0.1, 0.15) is 34.8 Å². The molecule has 0 spiro atoms. The third kappa shape index (κ3) is 4.42. The van der Waals surface area contributed by atoms with Gasteiger partial charge >= 0.3 is 0 Å². The van der Waals surface area contributed by atoms with E-state index in [-0.39, 0.29) is 24.4 Å². The highest BCUT2D eigenvalue weighted by molar-refractivity contribution is 9.10. The predicted octanol–water partition coefficient (Wildman–Crippen LogP) is 4.01. The normalized spacial score (nSPS) is 10.8. The Labute approximate surface area is 154 Å². The molecule has 0 aliphatic carbocycles. The lowest BCUT2D eigenvalue weighted by molar-refractivity contribution is -0.117. The van der Waals surface area contributed by atoms with Gasteiger partial charge in [0, 0.05) is 15.4 Å². The van der Waals surface area contributed by atoms with Gasteiger partial charge in [-0.3, -0.25) is 9.59 Å². The second kappa shape index (κ2) is 7.90. The van der Waals surface area contributed by atoms with E-state index >= 15 is 0 Å². The molecule has 2 aromatic rings. The number of amides is 2. The van der Waals surface area contributed by atoms with Crippen molar-refractivity contribution >= 4 is 44.2 Å². The predicted molar refractivity (Wildman–Crippen MR) is 101 cm³/mol. The Morgan fingerprint density at radius 1 is 1.29 bits per heavy atom. The maximum atomic E-state index is 12.8. The second-order valence-corrected chi connectivity index (χ2v) is 7.77. The molecule has 2 amide bonds. The first-order chi connectivity index (χ1) is 11.3. The summed E-state index contributed by atoms with van der Waals surface area (Å²) >= 11 is 4.82. The van der Waals surface area contributed by atoms with Crippen molar-refractivity contribution in [2.45, 2.75) is 33.7 Å². The van der Waals surface area contributed by atoms with Gasteiger partial charge in [0.25, 0.3) is 5.91 Å². The van der Waals surface area contributed by atoms with Gasteiger partial charge in [0.2, 0.25) is 5.91 Å². The Morgan fingerprint density at radius 3 is 2.50 bits per heavy atom. The van der Waals surface area contributed by atoms with E-state index < -0.39 is 0 Å². The number of nitrogens with zero attached hydrogens (tertiary/aromatic N) is 2. The number of nitrogens with one attached hydrogen (secondary N) is 1. The summed E-state index contributed by atoms with van der Waals surface area (Å²) in [4.78, 5) is 32.0. The molecular formula is C17H20BrN3O2S. The number of anilines is 1. The van der Waals surface area contributed by atoms with E-state index in [0.717, 1.165) is 10.6 Å². The van der Waals surface area contributed by atoms with E-state index in [0.29, 0.717) is 15.2 Å². The molecule has 0 radical (unpaired) electrons. The Kier molecular flexibility index (Phi) is 6.12. The highest BCUT2D eigenvalue weighted by Gasteiger charge is 2.23. The first kappa shape index (κ1) is 18.6. The number of halogens is 1. The van der Waals surface area contributed by atoms with Gasteiger partial charge in [0.05, 0.1) is 11.3 Å². The molecule has 5 nitrogen and oxygen atoms in total. The van der Waals surface area contributed by atoms with E-state index in [4.69, 9.17) is 0 Å². The molecule has 0 aliphatic rings. The molecule has 1 aromatic heterocycles. The van der Waals surface area contributed by atoms with Crippen molar-refractivity contribution in [1.82, 2.24) is 9.88 Å². The first-order valence-corrected chi connectivity index (χ1v) is 9.20. The molecule has 0 unspecified atom stereocenters. The van der Waals surface area contributed by atoms with E-state index in [9.17, 15) is 9.59 Å². The van der Waals surface area contributed by atoms with Gasteiger partial charge in [-0.15, -0.1) is 11.3 Å². The fourth-order valence-corrected chi connectivity index (χ4v) is 3.40. The van der Waals surface area contributed by atoms with Crippen molar-refractivity contribution in [3.05, 3.63) is 44.9 Å². The van der Waals surface area contributed by atoms with Crippen molar-refractivity contribution in [2.24, 2.45) is 0 Å². The lowest BCUT2D eigenvalue weighted by Gasteiger charge is -2.26. The van der Waals surface area contributed by atoms with Gasteiger partial charge in [-0.25, -0.2) is 4.98 Å². The van der Waals surface area contributed by atoms with Crippen molar-refractivity contribution in [1.29, 1.82) is 0 Å². The number of thiazole rings is 1. The SMILES string of the molecule is Cc1nc(NC(=O)CN(C(=O)c2ccccc2Br)C(C)C)sc1C. The number of hydrogen-bond donors (Lipinski definition) is 1. The maximum Gasteiger partial charge on any atom is 0.255 e. The van der Waals surface area contributed by atoms with Crippen molar-refractivity contribution < 1.29 is 9.59 Å². The molecule has 0 fully saturated rings. The Balaban J connectivity index is 2.12. The zero-order chi connectivity index (χ0) is 17.9. The molecule has 2 rings (SSSR count).